The maximum atomic E-state index is 12.6. The van der Waals surface area contributed by atoms with E-state index < -0.39 is 23.7 Å². The van der Waals surface area contributed by atoms with Crippen LogP contribution in [0.4, 0.5) is 5.69 Å². The number of carbonyl (C=O) groups excluding carboxylic acids is 1. The van der Waals surface area contributed by atoms with Crippen molar-refractivity contribution < 1.29 is 9.21 Å². The highest BCUT2D eigenvalue weighted by molar-refractivity contribution is 5.91. The molecule has 152 valence electrons. The zero-order valence-corrected chi connectivity index (χ0v) is 16.2. The van der Waals surface area contributed by atoms with Crippen molar-refractivity contribution in [1.82, 2.24) is 14.5 Å². The van der Waals surface area contributed by atoms with Crippen molar-refractivity contribution >= 4 is 33.6 Å². The van der Waals surface area contributed by atoms with E-state index in [1.807, 2.05) is 24.3 Å². The Hall–Kier alpha value is -4.46. The molecule has 8 heteroatoms. The van der Waals surface area contributed by atoms with Crippen LogP contribution in [0.25, 0.3) is 33.5 Å². The first-order chi connectivity index (χ1) is 15.1. The van der Waals surface area contributed by atoms with Gasteiger partial charge in [-0.25, -0.2) is 9.78 Å². The highest BCUT2D eigenvalue weighted by atomic mass is 16.3. The van der Waals surface area contributed by atoms with Gasteiger partial charge < -0.3 is 14.7 Å². The zero-order chi connectivity index (χ0) is 21.4. The van der Waals surface area contributed by atoms with Crippen LogP contribution < -0.4 is 16.6 Å². The summed E-state index contributed by atoms with van der Waals surface area (Å²) in [5.74, 6) is -0.00850. The Balaban J connectivity index is 1.35. The normalized spacial score (nSPS) is 11.1. The lowest BCUT2D eigenvalue weighted by molar-refractivity contribution is -0.116. The predicted molar refractivity (Wildman–Crippen MR) is 117 cm³/mol. The molecule has 2 N–H and O–H groups in total. The molecule has 0 bridgehead atoms. The van der Waals surface area contributed by atoms with Crippen LogP contribution in [-0.4, -0.2) is 20.4 Å². The van der Waals surface area contributed by atoms with E-state index in [0.29, 0.717) is 28.1 Å². The molecule has 0 radical (unpaired) electrons. The minimum absolute atomic E-state index is 0.345. The van der Waals surface area contributed by atoms with Crippen LogP contribution >= 0.6 is 0 Å². The molecular weight excluding hydrogens is 396 g/mol. The molecule has 31 heavy (non-hydrogen) atoms. The molecule has 0 unspecified atom stereocenters. The van der Waals surface area contributed by atoms with Crippen molar-refractivity contribution in [2.75, 3.05) is 5.32 Å². The van der Waals surface area contributed by atoms with Gasteiger partial charge in [0, 0.05) is 11.3 Å². The first kappa shape index (κ1) is 18.6. The van der Waals surface area contributed by atoms with Gasteiger partial charge in [0.2, 0.25) is 11.8 Å². The number of nitrogens with zero attached hydrogens (tertiary/aromatic N) is 2. The average Bonchev–Trinajstić information content (AvgIpc) is 3.21. The predicted octanol–water partition coefficient (Wildman–Crippen LogP) is 3.14. The highest BCUT2D eigenvalue weighted by Gasteiger charge is 2.12. The van der Waals surface area contributed by atoms with Gasteiger partial charge in [-0.2, -0.15) is 0 Å². The number of hydrogen-bond acceptors (Lipinski definition) is 5. The number of nitrogens with one attached hydrogen (secondary N) is 2. The summed E-state index contributed by atoms with van der Waals surface area (Å²) in [6, 6.07) is 21.1. The first-order valence-corrected chi connectivity index (χ1v) is 9.56. The Labute approximate surface area is 174 Å². The Morgan fingerprint density at radius 3 is 2.52 bits per heavy atom. The topological polar surface area (TPSA) is 110 Å². The second kappa shape index (κ2) is 7.42. The van der Waals surface area contributed by atoms with Crippen molar-refractivity contribution in [3.8, 4) is 11.5 Å². The second-order valence-electron chi connectivity index (χ2n) is 6.98. The third-order valence-corrected chi connectivity index (χ3v) is 4.90. The van der Waals surface area contributed by atoms with E-state index in [4.69, 9.17) is 4.42 Å². The van der Waals surface area contributed by atoms with Gasteiger partial charge in [0.15, 0.2) is 5.58 Å². The molecule has 0 saturated carbocycles. The Morgan fingerprint density at radius 2 is 1.71 bits per heavy atom. The van der Waals surface area contributed by atoms with Gasteiger partial charge in [-0.15, -0.1) is 0 Å². The minimum atomic E-state index is -0.634. The maximum Gasteiger partial charge on any atom is 0.329 e. The highest BCUT2D eigenvalue weighted by Crippen LogP contribution is 2.25. The third-order valence-electron chi connectivity index (χ3n) is 4.90. The van der Waals surface area contributed by atoms with E-state index in [9.17, 15) is 14.4 Å². The smallest absolute Gasteiger partial charge is 0.329 e. The van der Waals surface area contributed by atoms with Gasteiger partial charge in [-0.1, -0.05) is 24.3 Å². The fraction of sp³-hybridized carbons (Fsp3) is 0.0435. The quantitative estimate of drug-likeness (QED) is 0.471. The standard InChI is InChI=1S/C23H16N4O4/c28-20(13-27-22(29)16-5-1-2-6-17(16)26-23(27)30)24-15-11-9-14(10-12-15)21-25-18-7-3-4-8-19(18)31-21/h1-12H,13H2,(H,24,28)(H,26,30). The number of fused-ring (bicyclic) bond motifs is 2. The Morgan fingerprint density at radius 1 is 0.968 bits per heavy atom. The van der Waals surface area contributed by atoms with Gasteiger partial charge in [0.25, 0.3) is 5.56 Å². The van der Waals surface area contributed by atoms with Gasteiger partial charge in [0.1, 0.15) is 12.1 Å². The summed E-state index contributed by atoms with van der Waals surface area (Å²) in [4.78, 5) is 44.3. The Bertz CT molecular complexity index is 1510. The van der Waals surface area contributed by atoms with E-state index >= 15 is 0 Å². The molecule has 0 aliphatic heterocycles. The van der Waals surface area contributed by atoms with Gasteiger partial charge in [0.05, 0.1) is 10.9 Å². The van der Waals surface area contributed by atoms with E-state index in [0.717, 1.165) is 15.6 Å². The zero-order valence-electron chi connectivity index (χ0n) is 16.2. The molecule has 0 aliphatic rings. The summed E-state index contributed by atoms with van der Waals surface area (Å²) in [6.45, 7) is -0.397. The lowest BCUT2D eigenvalue weighted by atomic mass is 10.2. The molecule has 0 fully saturated rings. The second-order valence-corrected chi connectivity index (χ2v) is 6.98. The molecule has 0 atom stereocenters. The SMILES string of the molecule is O=C(Cn1c(=O)[nH]c2ccccc2c1=O)Nc1ccc(-c2nc3ccccc3o2)cc1. The number of anilines is 1. The number of benzene rings is 3. The fourth-order valence-electron chi connectivity index (χ4n) is 3.38. The fourth-order valence-corrected chi connectivity index (χ4v) is 3.38. The molecule has 0 saturated heterocycles. The van der Waals surface area contributed by atoms with E-state index in [1.54, 1.807) is 48.5 Å². The number of hydrogen-bond donors (Lipinski definition) is 2. The van der Waals surface area contributed by atoms with E-state index in [2.05, 4.69) is 15.3 Å². The van der Waals surface area contributed by atoms with Crippen LogP contribution in [0.1, 0.15) is 0 Å². The van der Waals surface area contributed by atoms with Gasteiger partial charge >= 0.3 is 5.69 Å². The lowest BCUT2D eigenvalue weighted by Crippen LogP contribution is -2.38. The summed E-state index contributed by atoms with van der Waals surface area (Å²) in [5.41, 5.74) is 2.03. The lowest BCUT2D eigenvalue weighted by Gasteiger charge is -2.08. The van der Waals surface area contributed by atoms with Crippen LogP contribution in [0.3, 0.4) is 0 Å². The minimum Gasteiger partial charge on any atom is -0.436 e. The van der Waals surface area contributed by atoms with Crippen molar-refractivity contribution in [2.24, 2.45) is 0 Å². The number of oxazole rings is 1. The van der Waals surface area contributed by atoms with Gasteiger partial charge in [-0.05, 0) is 48.5 Å². The van der Waals surface area contributed by atoms with Crippen LogP contribution in [0.2, 0.25) is 0 Å². The largest absolute Gasteiger partial charge is 0.436 e. The summed E-state index contributed by atoms with van der Waals surface area (Å²) >= 11 is 0. The molecule has 5 rings (SSSR count). The number of carbonyl (C=O) groups is 1. The number of aromatic nitrogens is 3. The van der Waals surface area contributed by atoms with Crippen LogP contribution in [-0.2, 0) is 11.3 Å². The molecule has 1 amide bonds. The van der Waals surface area contributed by atoms with Gasteiger partial charge in [-0.3, -0.25) is 14.2 Å². The van der Waals surface area contributed by atoms with E-state index in [1.165, 1.54) is 0 Å². The first-order valence-electron chi connectivity index (χ1n) is 9.56. The number of para-hydroxylation sites is 3. The van der Waals surface area contributed by atoms with Crippen molar-refractivity contribution in [3.63, 3.8) is 0 Å². The van der Waals surface area contributed by atoms with E-state index in [-0.39, 0.29) is 0 Å². The molecule has 2 heterocycles. The molecule has 3 aromatic carbocycles. The van der Waals surface area contributed by atoms with Crippen LogP contribution in [0, 0.1) is 0 Å². The average molecular weight is 412 g/mol. The summed E-state index contributed by atoms with van der Waals surface area (Å²) in [6.07, 6.45) is 0. The monoisotopic (exact) mass is 412 g/mol. The molecule has 0 aliphatic carbocycles. The summed E-state index contributed by atoms with van der Waals surface area (Å²) < 4.78 is 6.62. The van der Waals surface area contributed by atoms with Crippen molar-refractivity contribution in [3.05, 3.63) is 93.6 Å². The number of aromatic amines is 1. The summed E-state index contributed by atoms with van der Waals surface area (Å²) in [5, 5.41) is 3.04. The van der Waals surface area contributed by atoms with Crippen molar-refractivity contribution in [1.29, 1.82) is 0 Å². The van der Waals surface area contributed by atoms with Crippen LogP contribution in [0.5, 0.6) is 0 Å². The summed E-state index contributed by atoms with van der Waals surface area (Å²) in [7, 11) is 0. The third kappa shape index (κ3) is 3.51. The molecule has 5 aromatic rings. The van der Waals surface area contributed by atoms with Crippen LogP contribution in [0.15, 0.2) is 86.8 Å². The van der Waals surface area contributed by atoms with Crippen molar-refractivity contribution in [2.45, 2.75) is 6.54 Å². The Kier molecular flexibility index (Phi) is 4.44. The number of H-pyrrole nitrogens is 1. The maximum absolute atomic E-state index is 12.6. The molecule has 8 nitrogen and oxygen atoms in total. The molecule has 0 spiro atoms. The molecule has 2 aromatic heterocycles. The number of rotatable bonds is 4. The molecular formula is C23H16N4O4. The number of amides is 1.